The van der Waals surface area contributed by atoms with Gasteiger partial charge in [0.25, 0.3) is 0 Å². The Bertz CT molecular complexity index is 796. The quantitative estimate of drug-likeness (QED) is 0.789. The van der Waals surface area contributed by atoms with Crippen LogP contribution >= 0.6 is 0 Å². The van der Waals surface area contributed by atoms with Gasteiger partial charge in [0.05, 0.1) is 6.54 Å². The smallest absolute Gasteiger partial charge is 0.238 e. The Labute approximate surface area is 179 Å². The van der Waals surface area contributed by atoms with Gasteiger partial charge >= 0.3 is 0 Å². The summed E-state index contributed by atoms with van der Waals surface area (Å²) in [4.78, 5) is 26.3. The largest absolute Gasteiger partial charge is 0.369 e. The number of rotatable bonds is 6. The fraction of sp³-hybridized carbons (Fsp3) is 0.478. The molecule has 2 aliphatic heterocycles. The minimum Gasteiger partial charge on any atom is -0.369 e. The molecule has 0 bridgehead atoms. The summed E-state index contributed by atoms with van der Waals surface area (Å²) in [5, 5.41) is 3.05. The number of hydrogen-bond donors (Lipinski definition) is 1. The minimum absolute atomic E-state index is 0.0468. The lowest BCUT2D eigenvalue weighted by Gasteiger charge is -2.35. The number of aromatic nitrogens is 1. The SMILES string of the molecule is CCN1CCN(c2ccc(NC(=O)CN3CCN(c4ccccn4)CC3)cc2)CC1. The first-order valence-electron chi connectivity index (χ1n) is 11.0. The normalized spacial score (nSPS) is 18.4. The molecule has 0 atom stereocenters. The highest BCUT2D eigenvalue weighted by molar-refractivity contribution is 5.92. The molecule has 0 unspecified atom stereocenters. The Morgan fingerprint density at radius 3 is 2.17 bits per heavy atom. The summed E-state index contributed by atoms with van der Waals surface area (Å²) in [5.41, 5.74) is 2.09. The van der Waals surface area contributed by atoms with Gasteiger partial charge in [-0.05, 0) is 42.9 Å². The van der Waals surface area contributed by atoms with Crippen LogP contribution in [0.15, 0.2) is 48.7 Å². The molecule has 2 aromatic rings. The molecule has 2 aliphatic rings. The number of carbonyl (C=O) groups excluding carboxylic acids is 1. The fourth-order valence-electron chi connectivity index (χ4n) is 4.16. The van der Waals surface area contributed by atoms with Crippen molar-refractivity contribution in [3.05, 3.63) is 48.7 Å². The summed E-state index contributed by atoms with van der Waals surface area (Å²) in [7, 11) is 0. The Morgan fingerprint density at radius 2 is 1.53 bits per heavy atom. The summed E-state index contributed by atoms with van der Waals surface area (Å²) in [5.74, 6) is 1.06. The van der Waals surface area contributed by atoms with Crippen LogP contribution in [0.1, 0.15) is 6.92 Å². The van der Waals surface area contributed by atoms with Crippen LogP contribution in [0.25, 0.3) is 0 Å². The van der Waals surface area contributed by atoms with Crippen molar-refractivity contribution in [3.63, 3.8) is 0 Å². The second-order valence-electron chi connectivity index (χ2n) is 7.97. The number of benzene rings is 1. The van der Waals surface area contributed by atoms with Gasteiger partial charge in [0.1, 0.15) is 5.82 Å². The topological polar surface area (TPSA) is 55.0 Å². The molecule has 1 aromatic carbocycles. The highest BCUT2D eigenvalue weighted by atomic mass is 16.2. The molecule has 0 aliphatic carbocycles. The van der Waals surface area contributed by atoms with E-state index in [-0.39, 0.29) is 5.91 Å². The van der Waals surface area contributed by atoms with Crippen LogP contribution in [0.5, 0.6) is 0 Å². The third-order valence-corrected chi connectivity index (χ3v) is 6.05. The summed E-state index contributed by atoms with van der Waals surface area (Å²) < 4.78 is 0. The number of anilines is 3. The molecule has 30 heavy (non-hydrogen) atoms. The van der Waals surface area contributed by atoms with Crippen LogP contribution < -0.4 is 15.1 Å². The lowest BCUT2D eigenvalue weighted by Crippen LogP contribution is -2.48. The third kappa shape index (κ3) is 5.29. The van der Waals surface area contributed by atoms with Crippen molar-refractivity contribution in [2.75, 3.05) is 80.6 Å². The lowest BCUT2D eigenvalue weighted by atomic mass is 10.2. The molecule has 3 heterocycles. The van der Waals surface area contributed by atoms with E-state index in [1.165, 1.54) is 5.69 Å². The van der Waals surface area contributed by atoms with Crippen molar-refractivity contribution < 1.29 is 4.79 Å². The van der Waals surface area contributed by atoms with E-state index in [1.807, 2.05) is 36.5 Å². The molecule has 2 saturated heterocycles. The first-order chi connectivity index (χ1) is 14.7. The molecule has 0 saturated carbocycles. The molecule has 160 valence electrons. The second-order valence-corrected chi connectivity index (χ2v) is 7.97. The lowest BCUT2D eigenvalue weighted by molar-refractivity contribution is -0.117. The number of nitrogens with zero attached hydrogens (tertiary/aromatic N) is 5. The van der Waals surface area contributed by atoms with E-state index in [2.05, 4.69) is 49.0 Å². The van der Waals surface area contributed by atoms with Gasteiger partial charge in [-0.3, -0.25) is 9.69 Å². The zero-order valence-electron chi connectivity index (χ0n) is 17.8. The summed E-state index contributed by atoms with van der Waals surface area (Å²) in [6.45, 7) is 11.6. The highest BCUT2D eigenvalue weighted by Gasteiger charge is 2.20. The summed E-state index contributed by atoms with van der Waals surface area (Å²) >= 11 is 0. The number of likely N-dealkylation sites (N-methyl/N-ethyl adjacent to an activating group) is 1. The Hall–Kier alpha value is -2.64. The van der Waals surface area contributed by atoms with Gasteiger partial charge in [-0.15, -0.1) is 0 Å². The average Bonchev–Trinajstić information content (AvgIpc) is 2.81. The Morgan fingerprint density at radius 1 is 0.867 bits per heavy atom. The number of carbonyl (C=O) groups is 1. The molecular formula is C23H32N6O. The van der Waals surface area contributed by atoms with E-state index in [4.69, 9.17) is 0 Å². The van der Waals surface area contributed by atoms with E-state index in [0.29, 0.717) is 6.54 Å². The Kier molecular flexibility index (Phi) is 6.81. The number of hydrogen-bond acceptors (Lipinski definition) is 6. The van der Waals surface area contributed by atoms with E-state index >= 15 is 0 Å². The molecular weight excluding hydrogens is 376 g/mol. The summed E-state index contributed by atoms with van der Waals surface area (Å²) in [6, 6.07) is 14.2. The van der Waals surface area contributed by atoms with Crippen molar-refractivity contribution in [2.45, 2.75) is 6.92 Å². The maximum atomic E-state index is 12.5. The van der Waals surface area contributed by atoms with Crippen LogP contribution in [-0.2, 0) is 4.79 Å². The van der Waals surface area contributed by atoms with Crippen molar-refractivity contribution in [2.24, 2.45) is 0 Å². The van der Waals surface area contributed by atoms with E-state index in [0.717, 1.165) is 70.4 Å². The molecule has 7 nitrogen and oxygen atoms in total. The first kappa shape index (κ1) is 20.6. The van der Waals surface area contributed by atoms with Crippen LogP contribution in [-0.4, -0.2) is 86.1 Å². The van der Waals surface area contributed by atoms with Crippen LogP contribution in [0.2, 0.25) is 0 Å². The van der Waals surface area contributed by atoms with Crippen LogP contribution in [0.3, 0.4) is 0 Å². The van der Waals surface area contributed by atoms with E-state index in [1.54, 1.807) is 0 Å². The molecule has 2 fully saturated rings. The van der Waals surface area contributed by atoms with Crippen molar-refractivity contribution in [1.29, 1.82) is 0 Å². The monoisotopic (exact) mass is 408 g/mol. The van der Waals surface area contributed by atoms with Crippen molar-refractivity contribution in [1.82, 2.24) is 14.8 Å². The molecule has 1 amide bonds. The van der Waals surface area contributed by atoms with Gasteiger partial charge in [0.15, 0.2) is 0 Å². The van der Waals surface area contributed by atoms with Gasteiger partial charge in [0.2, 0.25) is 5.91 Å². The van der Waals surface area contributed by atoms with E-state index in [9.17, 15) is 4.79 Å². The number of nitrogens with one attached hydrogen (secondary N) is 1. The van der Waals surface area contributed by atoms with Gasteiger partial charge in [-0.2, -0.15) is 0 Å². The Balaban J connectivity index is 1.22. The number of amides is 1. The maximum absolute atomic E-state index is 12.5. The minimum atomic E-state index is 0.0468. The first-order valence-corrected chi connectivity index (χ1v) is 11.0. The maximum Gasteiger partial charge on any atom is 0.238 e. The van der Waals surface area contributed by atoms with E-state index < -0.39 is 0 Å². The second kappa shape index (κ2) is 9.91. The van der Waals surface area contributed by atoms with Crippen LogP contribution in [0, 0.1) is 0 Å². The molecule has 7 heteroatoms. The number of pyridine rings is 1. The molecule has 1 N–H and O–H groups in total. The zero-order chi connectivity index (χ0) is 20.8. The fourth-order valence-corrected chi connectivity index (χ4v) is 4.16. The van der Waals surface area contributed by atoms with Gasteiger partial charge in [-0.25, -0.2) is 4.98 Å². The average molecular weight is 409 g/mol. The molecule has 0 spiro atoms. The standard InChI is InChI=1S/C23H32N6O/c1-2-26-11-15-28(16-12-26)21-8-6-20(7-9-21)25-23(30)19-27-13-17-29(18-14-27)22-5-3-4-10-24-22/h3-10H,2,11-19H2,1H3,(H,25,30). The molecule has 4 rings (SSSR count). The van der Waals surface area contributed by atoms with Crippen molar-refractivity contribution in [3.8, 4) is 0 Å². The van der Waals surface area contributed by atoms with Gasteiger partial charge in [0, 0.05) is 69.9 Å². The molecule has 1 aromatic heterocycles. The predicted octanol–water partition coefficient (Wildman–Crippen LogP) is 1.98. The highest BCUT2D eigenvalue weighted by Crippen LogP contribution is 2.20. The van der Waals surface area contributed by atoms with Crippen LogP contribution in [0.4, 0.5) is 17.2 Å². The summed E-state index contributed by atoms with van der Waals surface area (Å²) in [6.07, 6.45) is 1.82. The van der Waals surface area contributed by atoms with Gasteiger partial charge < -0.3 is 20.0 Å². The predicted molar refractivity (Wildman–Crippen MR) is 122 cm³/mol. The van der Waals surface area contributed by atoms with Gasteiger partial charge in [-0.1, -0.05) is 13.0 Å². The zero-order valence-corrected chi connectivity index (χ0v) is 17.8. The third-order valence-electron chi connectivity index (χ3n) is 6.05. The molecule has 0 radical (unpaired) electrons. The van der Waals surface area contributed by atoms with Crippen molar-refractivity contribution >= 4 is 23.1 Å². The number of piperazine rings is 2.